The number of imide groups is 1. The van der Waals surface area contributed by atoms with Gasteiger partial charge in [-0.25, -0.2) is 0 Å². The summed E-state index contributed by atoms with van der Waals surface area (Å²) in [4.78, 5) is 48.4. The molecule has 4 aliphatic rings. The Labute approximate surface area is 465 Å². The van der Waals surface area contributed by atoms with Gasteiger partial charge in [-0.2, -0.15) is 0 Å². The van der Waals surface area contributed by atoms with Crippen molar-refractivity contribution in [1.82, 2.24) is 30.6 Å². The highest BCUT2D eigenvalue weighted by Crippen LogP contribution is 2.49. The van der Waals surface area contributed by atoms with Gasteiger partial charge in [-0.1, -0.05) is 91.0 Å². The quantitative estimate of drug-likeness (QED) is 0.0532. The lowest BCUT2D eigenvalue weighted by Crippen LogP contribution is -2.56. The number of nitrogens with two attached hydrogens (primary N) is 3. The topological polar surface area (TPSA) is 256 Å². The number of hydrogen-bond donors (Lipinski definition) is 6. The molecular formula is C62H68N12O6. The van der Waals surface area contributed by atoms with Gasteiger partial charge in [0.2, 0.25) is 11.8 Å². The van der Waals surface area contributed by atoms with Crippen molar-refractivity contribution < 1.29 is 29.3 Å². The molecule has 80 heavy (non-hydrogen) atoms. The largest absolute Gasteiger partial charge is 0.507 e. The predicted molar refractivity (Wildman–Crippen MR) is 309 cm³/mol. The maximum Gasteiger partial charge on any atom is 0.267 e. The minimum atomic E-state index is -0.924. The summed E-state index contributed by atoms with van der Waals surface area (Å²) in [5.41, 5.74) is 25.7. The summed E-state index contributed by atoms with van der Waals surface area (Å²) in [5, 5.41) is 43.1. The van der Waals surface area contributed by atoms with E-state index in [4.69, 9.17) is 21.9 Å². The lowest BCUT2D eigenvalue weighted by Gasteiger charge is -2.50. The van der Waals surface area contributed by atoms with E-state index in [9.17, 15) is 19.8 Å². The molecule has 11 rings (SSSR count). The Hall–Kier alpha value is -8.61. The molecule has 412 valence electrons. The summed E-state index contributed by atoms with van der Waals surface area (Å²) in [6, 6.07) is 44.2. The number of hydrogen-bond acceptors (Lipinski definition) is 16. The van der Waals surface area contributed by atoms with Crippen LogP contribution < -0.4 is 42.0 Å². The van der Waals surface area contributed by atoms with E-state index < -0.39 is 23.1 Å². The fraction of sp³-hybridized carbons (Fsp3) is 0.339. The Morgan fingerprint density at radius 3 is 1.90 bits per heavy atom. The molecule has 4 aliphatic heterocycles. The lowest BCUT2D eigenvalue weighted by molar-refractivity contribution is -0.138. The average molecular weight is 1080 g/mol. The first kappa shape index (κ1) is 53.4. The molecule has 1 atom stereocenters. The number of amides is 3. The monoisotopic (exact) mass is 1080 g/mol. The Balaban J connectivity index is 0.871. The van der Waals surface area contributed by atoms with Crippen LogP contribution in [0.1, 0.15) is 86.8 Å². The molecule has 4 saturated heterocycles. The summed E-state index contributed by atoms with van der Waals surface area (Å²) >= 11 is 0. The number of likely N-dealkylation sites (tertiary alicyclic amines) is 1. The van der Waals surface area contributed by atoms with E-state index >= 15 is 4.79 Å². The van der Waals surface area contributed by atoms with Crippen LogP contribution in [-0.4, -0.2) is 105 Å². The number of para-hydroxylation sites is 1. The highest BCUT2D eigenvalue weighted by atomic mass is 16.5. The standard InChI is InChI=1S/C62H68N12O6/c63-58-50(39-47(67-69-58)46-15-7-8-17-52(46)75)73-37-30-62(31-38-73,44-13-5-2-6-14-44)74(56(78)19-10-32-71-33-26-42(27-34-71)41-20-22-45(23-21-41)80-54-24-25-55(77)66-60(54)79)49-16-9-18-53(76)57(49)48-40-51(59(64)70-68-48)72-35-28-61(65,29-36-72)43-11-3-1-4-12-43/h1-9,11-18,20-23,39-40,42,54,75-76H,10,19,24-38,65H2,(H2,63,69)(H2,64,70)(H,66,77,79). The van der Waals surface area contributed by atoms with Crippen molar-refractivity contribution in [3.8, 4) is 39.8 Å². The maximum absolute atomic E-state index is 15.8. The van der Waals surface area contributed by atoms with Crippen molar-refractivity contribution in [2.75, 3.05) is 72.0 Å². The van der Waals surface area contributed by atoms with Crippen LogP contribution in [0.4, 0.5) is 28.7 Å². The Kier molecular flexibility index (Phi) is 15.4. The van der Waals surface area contributed by atoms with E-state index in [0.717, 1.165) is 37.1 Å². The smallest absolute Gasteiger partial charge is 0.267 e. The van der Waals surface area contributed by atoms with Crippen LogP contribution in [-0.2, 0) is 25.5 Å². The third-order valence-corrected chi connectivity index (χ3v) is 16.8. The van der Waals surface area contributed by atoms with Crippen LogP contribution in [0.5, 0.6) is 17.2 Å². The number of ether oxygens (including phenoxy) is 1. The van der Waals surface area contributed by atoms with Gasteiger partial charge in [-0.3, -0.25) is 19.7 Å². The van der Waals surface area contributed by atoms with Gasteiger partial charge < -0.3 is 51.8 Å². The second-order valence-corrected chi connectivity index (χ2v) is 21.7. The highest BCUT2D eigenvalue weighted by Gasteiger charge is 2.46. The molecule has 1 unspecified atom stereocenters. The number of rotatable bonds is 15. The minimum Gasteiger partial charge on any atom is -0.507 e. The summed E-state index contributed by atoms with van der Waals surface area (Å²) in [6.45, 7) is 4.63. The molecule has 0 radical (unpaired) electrons. The van der Waals surface area contributed by atoms with E-state index in [1.54, 1.807) is 30.3 Å². The van der Waals surface area contributed by atoms with Gasteiger partial charge in [0.25, 0.3) is 5.91 Å². The molecule has 2 aromatic heterocycles. The van der Waals surface area contributed by atoms with Gasteiger partial charge in [0.05, 0.1) is 33.9 Å². The molecule has 5 aromatic carbocycles. The molecule has 0 saturated carbocycles. The Morgan fingerprint density at radius 1 is 0.662 bits per heavy atom. The zero-order chi connectivity index (χ0) is 55.4. The van der Waals surface area contributed by atoms with Crippen LogP contribution in [0.3, 0.4) is 0 Å². The molecule has 0 spiro atoms. The van der Waals surface area contributed by atoms with Crippen LogP contribution >= 0.6 is 0 Å². The van der Waals surface area contributed by atoms with Gasteiger partial charge in [0, 0.05) is 56.5 Å². The number of carbonyl (C=O) groups excluding carboxylic acids is 3. The molecule has 6 heterocycles. The highest BCUT2D eigenvalue weighted by molar-refractivity contribution is 6.01. The number of nitrogen functional groups attached to an aromatic ring is 2. The van der Waals surface area contributed by atoms with Gasteiger partial charge in [0.15, 0.2) is 17.7 Å². The number of nitrogens with zero attached hydrogens (tertiary/aromatic N) is 8. The van der Waals surface area contributed by atoms with Crippen LogP contribution in [0.25, 0.3) is 22.5 Å². The Bertz CT molecular complexity index is 3340. The number of phenolic OH excluding ortho intramolecular Hbond substituents is 2. The number of phenols is 2. The molecule has 0 bridgehead atoms. The first-order chi connectivity index (χ1) is 38.9. The molecule has 4 fully saturated rings. The zero-order valence-corrected chi connectivity index (χ0v) is 44.8. The van der Waals surface area contributed by atoms with Crippen LogP contribution in [0.15, 0.2) is 140 Å². The number of carbonyl (C=O) groups is 3. The molecule has 7 aromatic rings. The van der Waals surface area contributed by atoms with Crippen LogP contribution in [0.2, 0.25) is 0 Å². The van der Waals surface area contributed by atoms with Gasteiger partial charge in [0.1, 0.15) is 22.9 Å². The fourth-order valence-corrected chi connectivity index (χ4v) is 12.4. The van der Waals surface area contributed by atoms with Crippen molar-refractivity contribution in [3.63, 3.8) is 0 Å². The summed E-state index contributed by atoms with van der Waals surface area (Å²) in [7, 11) is 0. The Morgan fingerprint density at radius 2 is 1.25 bits per heavy atom. The van der Waals surface area contributed by atoms with E-state index in [0.29, 0.717) is 122 Å². The molecule has 18 heteroatoms. The van der Waals surface area contributed by atoms with E-state index in [-0.39, 0.29) is 47.8 Å². The van der Waals surface area contributed by atoms with Crippen molar-refractivity contribution >= 4 is 46.4 Å². The summed E-state index contributed by atoms with van der Waals surface area (Å²) < 4.78 is 5.94. The van der Waals surface area contributed by atoms with Crippen molar-refractivity contribution in [2.24, 2.45) is 5.73 Å². The summed E-state index contributed by atoms with van der Waals surface area (Å²) in [6.07, 6.45) is 4.94. The van der Waals surface area contributed by atoms with E-state index in [1.807, 2.05) is 77.7 Å². The number of benzene rings is 5. The third-order valence-electron chi connectivity index (χ3n) is 16.8. The number of anilines is 5. The van der Waals surface area contributed by atoms with Gasteiger partial charge in [-0.05, 0) is 136 Å². The normalized spacial score (nSPS) is 18.6. The molecule has 9 N–H and O–H groups in total. The van der Waals surface area contributed by atoms with Gasteiger partial charge in [-0.15, -0.1) is 20.4 Å². The zero-order valence-electron chi connectivity index (χ0n) is 44.8. The molecule has 3 amide bonds. The molecule has 18 nitrogen and oxygen atoms in total. The molecular weight excluding hydrogens is 1010 g/mol. The van der Waals surface area contributed by atoms with Gasteiger partial charge >= 0.3 is 0 Å². The predicted octanol–water partition coefficient (Wildman–Crippen LogP) is 8.00. The number of piperidine rings is 4. The SMILES string of the molecule is Nc1nnc(-c2ccccc2O)cc1N1CCC(c2ccccc2)(N(C(=O)CCCN2CCC(c3ccc(OC4CCC(=O)NC4=O)cc3)CC2)c2cccc(O)c2-c2cc(N3CCC(N)(c4ccccc4)CC3)c(N)nn2)CC1. The number of nitrogens with one attached hydrogen (secondary N) is 1. The maximum atomic E-state index is 15.8. The lowest BCUT2D eigenvalue weighted by atomic mass is 9.78. The van der Waals surface area contributed by atoms with Crippen LogP contribution in [0, 0.1) is 0 Å². The minimum absolute atomic E-state index is 0.0543. The first-order valence-electron chi connectivity index (χ1n) is 27.8. The number of aromatic nitrogens is 4. The van der Waals surface area contributed by atoms with Crippen molar-refractivity contribution in [3.05, 3.63) is 156 Å². The number of aromatic hydroxyl groups is 2. The van der Waals surface area contributed by atoms with E-state index in [1.165, 1.54) is 5.56 Å². The third kappa shape index (κ3) is 11.0. The summed E-state index contributed by atoms with van der Waals surface area (Å²) in [5.74, 6) is 0.695. The average Bonchev–Trinajstić information content (AvgIpc) is 3.53. The first-order valence-corrected chi connectivity index (χ1v) is 27.8. The van der Waals surface area contributed by atoms with Crippen molar-refractivity contribution in [1.29, 1.82) is 0 Å². The molecule has 0 aliphatic carbocycles. The van der Waals surface area contributed by atoms with E-state index in [2.05, 4.69) is 76.8 Å². The van der Waals surface area contributed by atoms with Crippen molar-refractivity contribution in [2.45, 2.75) is 87.3 Å². The second-order valence-electron chi connectivity index (χ2n) is 21.7. The second kappa shape index (κ2) is 23.0. The fourth-order valence-electron chi connectivity index (χ4n) is 12.4.